The fraction of sp³-hybridized carbons (Fsp3) is 0.571. The zero-order valence-corrected chi connectivity index (χ0v) is 11.1. The molecule has 0 spiro atoms. The lowest BCUT2D eigenvalue weighted by molar-refractivity contribution is 0.152. The first-order valence-electron chi connectivity index (χ1n) is 6.55. The number of benzene rings is 1. The molecule has 1 unspecified atom stereocenters. The van der Waals surface area contributed by atoms with Crippen molar-refractivity contribution in [2.45, 2.75) is 19.4 Å². The molecular formula is C14H22N2O2. The highest BCUT2D eigenvalue weighted by molar-refractivity contribution is 5.54. The molecule has 1 heterocycles. The van der Waals surface area contributed by atoms with Gasteiger partial charge in [-0.25, -0.2) is 0 Å². The number of hydrogen-bond acceptors (Lipinski definition) is 4. The van der Waals surface area contributed by atoms with Gasteiger partial charge in [-0.15, -0.1) is 0 Å². The molecule has 1 aliphatic rings. The monoisotopic (exact) mass is 250 g/mol. The summed E-state index contributed by atoms with van der Waals surface area (Å²) in [7, 11) is 1.89. The maximum Gasteiger partial charge on any atom is 0.122 e. The van der Waals surface area contributed by atoms with Crippen molar-refractivity contribution < 1.29 is 9.84 Å². The lowest BCUT2D eigenvalue weighted by Gasteiger charge is -2.23. The zero-order valence-electron chi connectivity index (χ0n) is 11.1. The van der Waals surface area contributed by atoms with E-state index in [1.165, 1.54) is 0 Å². The predicted octanol–water partition coefficient (Wildman–Crippen LogP) is 1.90. The van der Waals surface area contributed by atoms with E-state index in [-0.39, 0.29) is 6.04 Å². The van der Waals surface area contributed by atoms with Gasteiger partial charge in [0.15, 0.2) is 0 Å². The number of phenols is 1. The third-order valence-corrected chi connectivity index (χ3v) is 3.50. The minimum atomic E-state index is 0.159. The van der Waals surface area contributed by atoms with Crippen molar-refractivity contribution in [2.75, 3.05) is 38.3 Å². The summed E-state index contributed by atoms with van der Waals surface area (Å²) in [5.41, 5.74) is 2.01. The van der Waals surface area contributed by atoms with E-state index in [4.69, 9.17) is 4.74 Å². The van der Waals surface area contributed by atoms with Crippen molar-refractivity contribution in [3.05, 3.63) is 23.8 Å². The molecule has 1 fully saturated rings. The highest BCUT2D eigenvalue weighted by atomic mass is 16.5. The Balaban J connectivity index is 2.16. The first kappa shape index (κ1) is 13.2. The Hall–Kier alpha value is -1.26. The van der Waals surface area contributed by atoms with Crippen molar-refractivity contribution in [1.82, 2.24) is 5.32 Å². The van der Waals surface area contributed by atoms with E-state index in [9.17, 15) is 5.11 Å². The Morgan fingerprint density at radius 1 is 1.33 bits per heavy atom. The number of ether oxygens (including phenoxy) is 1. The van der Waals surface area contributed by atoms with Gasteiger partial charge < -0.3 is 20.1 Å². The normalized spacial score (nSPS) is 18.4. The molecule has 18 heavy (non-hydrogen) atoms. The summed E-state index contributed by atoms with van der Waals surface area (Å²) >= 11 is 0. The van der Waals surface area contributed by atoms with Crippen LogP contribution in [0.1, 0.15) is 24.9 Å². The molecule has 0 aliphatic carbocycles. The van der Waals surface area contributed by atoms with Gasteiger partial charge in [-0.3, -0.25) is 0 Å². The highest BCUT2D eigenvalue weighted by Crippen LogP contribution is 2.29. The molecule has 100 valence electrons. The SMILES string of the molecule is CNC(C)c1ccc(N2CCCOCC2)cc1O. The molecule has 0 radical (unpaired) electrons. The molecule has 0 amide bonds. The minimum Gasteiger partial charge on any atom is -0.508 e. The predicted molar refractivity (Wildman–Crippen MR) is 73.2 cm³/mol. The van der Waals surface area contributed by atoms with Crippen LogP contribution in [-0.2, 0) is 4.74 Å². The Morgan fingerprint density at radius 3 is 2.89 bits per heavy atom. The van der Waals surface area contributed by atoms with Gasteiger partial charge in [0.25, 0.3) is 0 Å². The van der Waals surface area contributed by atoms with Gasteiger partial charge in [-0.05, 0) is 26.5 Å². The summed E-state index contributed by atoms with van der Waals surface area (Å²) in [6, 6.07) is 6.09. The fourth-order valence-electron chi connectivity index (χ4n) is 2.25. The molecule has 1 saturated heterocycles. The summed E-state index contributed by atoms with van der Waals surface area (Å²) in [6.45, 7) is 5.50. The molecule has 2 rings (SSSR count). The van der Waals surface area contributed by atoms with Gasteiger partial charge in [0.05, 0.1) is 6.61 Å². The van der Waals surface area contributed by atoms with Gasteiger partial charge in [0, 0.05) is 43.1 Å². The molecular weight excluding hydrogens is 228 g/mol. The number of hydrogen-bond donors (Lipinski definition) is 2. The van der Waals surface area contributed by atoms with Gasteiger partial charge in [-0.2, -0.15) is 0 Å². The van der Waals surface area contributed by atoms with E-state index in [1.54, 1.807) is 0 Å². The number of rotatable bonds is 3. The first-order chi connectivity index (χ1) is 8.72. The second-order valence-corrected chi connectivity index (χ2v) is 4.71. The van der Waals surface area contributed by atoms with Crippen LogP contribution < -0.4 is 10.2 Å². The van der Waals surface area contributed by atoms with Crippen LogP contribution in [0.3, 0.4) is 0 Å². The van der Waals surface area contributed by atoms with Crippen LogP contribution in [-0.4, -0.2) is 38.5 Å². The lowest BCUT2D eigenvalue weighted by atomic mass is 10.1. The Labute approximate surface area is 109 Å². The molecule has 4 heteroatoms. The topological polar surface area (TPSA) is 44.7 Å². The van der Waals surface area contributed by atoms with Crippen molar-refractivity contribution in [2.24, 2.45) is 0 Å². The molecule has 1 aliphatic heterocycles. The van der Waals surface area contributed by atoms with Crippen LogP contribution in [0.4, 0.5) is 5.69 Å². The van der Waals surface area contributed by atoms with E-state index in [0.29, 0.717) is 5.75 Å². The van der Waals surface area contributed by atoms with Crippen molar-refractivity contribution in [3.63, 3.8) is 0 Å². The van der Waals surface area contributed by atoms with Gasteiger partial charge in [0.2, 0.25) is 0 Å². The third kappa shape index (κ3) is 2.94. The first-order valence-corrected chi connectivity index (χ1v) is 6.55. The molecule has 1 aromatic carbocycles. The van der Waals surface area contributed by atoms with Crippen molar-refractivity contribution in [3.8, 4) is 5.75 Å². The lowest BCUT2D eigenvalue weighted by Crippen LogP contribution is -2.25. The molecule has 0 bridgehead atoms. The quantitative estimate of drug-likeness (QED) is 0.860. The second kappa shape index (κ2) is 6.07. The van der Waals surface area contributed by atoms with Crippen LogP contribution in [0.5, 0.6) is 5.75 Å². The number of nitrogens with zero attached hydrogens (tertiary/aromatic N) is 1. The largest absolute Gasteiger partial charge is 0.508 e. The highest BCUT2D eigenvalue weighted by Gasteiger charge is 2.13. The number of nitrogens with one attached hydrogen (secondary N) is 1. The van der Waals surface area contributed by atoms with E-state index < -0.39 is 0 Å². The third-order valence-electron chi connectivity index (χ3n) is 3.50. The second-order valence-electron chi connectivity index (χ2n) is 4.71. The zero-order chi connectivity index (χ0) is 13.0. The van der Waals surface area contributed by atoms with E-state index in [1.807, 2.05) is 26.1 Å². The summed E-state index contributed by atoms with van der Waals surface area (Å²) in [6.07, 6.45) is 1.04. The number of aromatic hydroxyl groups is 1. The number of phenolic OH excluding ortho intramolecular Hbond substituents is 1. The molecule has 4 nitrogen and oxygen atoms in total. The molecule has 0 aromatic heterocycles. The molecule has 1 aromatic rings. The summed E-state index contributed by atoms with van der Waals surface area (Å²) < 4.78 is 5.44. The van der Waals surface area contributed by atoms with Crippen LogP contribution in [0.2, 0.25) is 0 Å². The molecule has 0 saturated carbocycles. The average molecular weight is 250 g/mol. The van der Waals surface area contributed by atoms with Gasteiger partial charge in [-0.1, -0.05) is 6.07 Å². The summed E-state index contributed by atoms with van der Waals surface area (Å²) in [5.74, 6) is 0.361. The smallest absolute Gasteiger partial charge is 0.122 e. The van der Waals surface area contributed by atoms with Crippen LogP contribution >= 0.6 is 0 Å². The van der Waals surface area contributed by atoms with E-state index in [0.717, 1.165) is 44.0 Å². The van der Waals surface area contributed by atoms with Gasteiger partial charge >= 0.3 is 0 Å². The van der Waals surface area contributed by atoms with E-state index >= 15 is 0 Å². The summed E-state index contributed by atoms with van der Waals surface area (Å²) in [4.78, 5) is 2.26. The molecule has 1 atom stereocenters. The van der Waals surface area contributed by atoms with Crippen LogP contribution in [0.25, 0.3) is 0 Å². The van der Waals surface area contributed by atoms with Gasteiger partial charge in [0.1, 0.15) is 5.75 Å². The standard InChI is InChI=1S/C14H22N2O2/c1-11(15-2)13-5-4-12(10-14(13)17)16-6-3-8-18-9-7-16/h4-5,10-11,15,17H,3,6-9H2,1-2H3. The Kier molecular flexibility index (Phi) is 4.44. The maximum absolute atomic E-state index is 10.1. The number of anilines is 1. The maximum atomic E-state index is 10.1. The molecule has 2 N–H and O–H groups in total. The van der Waals surface area contributed by atoms with Crippen molar-refractivity contribution >= 4 is 5.69 Å². The average Bonchev–Trinajstić information content (AvgIpc) is 2.66. The van der Waals surface area contributed by atoms with Crippen molar-refractivity contribution in [1.29, 1.82) is 0 Å². The Morgan fingerprint density at radius 2 is 2.17 bits per heavy atom. The fourth-order valence-corrected chi connectivity index (χ4v) is 2.25. The summed E-state index contributed by atoms with van der Waals surface area (Å²) in [5, 5.41) is 13.2. The van der Waals surface area contributed by atoms with Crippen LogP contribution in [0.15, 0.2) is 18.2 Å². The van der Waals surface area contributed by atoms with E-state index in [2.05, 4.69) is 16.3 Å². The van der Waals surface area contributed by atoms with Crippen LogP contribution in [0, 0.1) is 0 Å². The Bertz CT molecular complexity index is 387. The minimum absolute atomic E-state index is 0.159.